The Bertz CT molecular complexity index is 412. The molecule has 0 spiro atoms. The van der Waals surface area contributed by atoms with E-state index in [4.69, 9.17) is 0 Å². The van der Waals surface area contributed by atoms with Crippen LogP contribution in [-0.2, 0) is 6.18 Å². The van der Waals surface area contributed by atoms with Gasteiger partial charge in [-0.05, 0) is 6.07 Å². The van der Waals surface area contributed by atoms with Crippen LogP contribution in [0.5, 0.6) is 0 Å². The average molecular weight is 298 g/mol. The van der Waals surface area contributed by atoms with Crippen LogP contribution in [0.2, 0.25) is 0 Å². The molecule has 0 fully saturated rings. The lowest BCUT2D eigenvalue weighted by molar-refractivity contribution is -0.151. The van der Waals surface area contributed by atoms with Crippen molar-refractivity contribution < 1.29 is 30.7 Å². The van der Waals surface area contributed by atoms with E-state index in [2.05, 4.69) is 5.73 Å². The van der Waals surface area contributed by atoms with Crippen LogP contribution in [0.3, 0.4) is 0 Å². The fraction of sp³-hybridized carbons (Fsp3) is 0.333. The number of hydrogen-bond donors (Lipinski definition) is 1. The van der Waals surface area contributed by atoms with Crippen molar-refractivity contribution >= 4 is 12.4 Å². The molecule has 2 N–H and O–H groups in total. The van der Waals surface area contributed by atoms with Crippen molar-refractivity contribution in [2.75, 3.05) is 0 Å². The number of halogens is 8. The fourth-order valence-electron chi connectivity index (χ4n) is 1.19. The quantitative estimate of drug-likeness (QED) is 0.783. The molecule has 0 unspecified atom stereocenters. The minimum absolute atomic E-state index is 0. The summed E-state index contributed by atoms with van der Waals surface area (Å²) in [5.74, 6) is -2.00. The lowest BCUT2D eigenvalue weighted by Gasteiger charge is -2.18. The zero-order valence-corrected chi connectivity index (χ0v) is 9.26. The summed E-state index contributed by atoms with van der Waals surface area (Å²) in [4.78, 5) is 0. The van der Waals surface area contributed by atoms with Gasteiger partial charge >= 0.3 is 12.4 Å². The van der Waals surface area contributed by atoms with E-state index in [1.807, 2.05) is 0 Å². The largest absolute Gasteiger partial charge is 0.419 e. The van der Waals surface area contributed by atoms with E-state index in [1.165, 1.54) is 0 Å². The number of hydrogen-bond acceptors (Lipinski definition) is 1. The molecule has 1 aromatic rings. The summed E-state index contributed by atoms with van der Waals surface area (Å²) >= 11 is 0. The number of benzene rings is 1. The summed E-state index contributed by atoms with van der Waals surface area (Å²) in [5, 5.41) is 0. The van der Waals surface area contributed by atoms with Crippen LogP contribution in [0.25, 0.3) is 0 Å². The molecule has 0 bridgehead atoms. The standard InChI is InChI=1S/C9H6F7N.ClH/c10-6-4(7(17)9(14,15)16)2-1-3-5(6)8(11,12)13;/h1-3,7H,17H2;1H/t7-;/m0./s1. The molecule has 0 saturated heterocycles. The summed E-state index contributed by atoms with van der Waals surface area (Å²) in [5.41, 5.74) is 1.65. The maximum atomic E-state index is 13.2. The minimum atomic E-state index is -5.06. The molecule has 0 radical (unpaired) electrons. The van der Waals surface area contributed by atoms with E-state index in [1.54, 1.807) is 0 Å². The predicted molar refractivity (Wildman–Crippen MR) is 51.6 cm³/mol. The van der Waals surface area contributed by atoms with Crippen LogP contribution in [0.4, 0.5) is 30.7 Å². The third-order valence-corrected chi connectivity index (χ3v) is 2.02. The first-order valence-electron chi connectivity index (χ1n) is 4.23. The zero-order valence-electron chi connectivity index (χ0n) is 8.44. The second kappa shape index (κ2) is 5.31. The van der Waals surface area contributed by atoms with E-state index in [0.29, 0.717) is 18.2 Å². The summed E-state index contributed by atoms with van der Waals surface area (Å²) in [6.07, 6.45) is -10.1. The van der Waals surface area contributed by atoms with Gasteiger partial charge in [0.25, 0.3) is 0 Å². The Balaban J connectivity index is 0.00000289. The van der Waals surface area contributed by atoms with Crippen LogP contribution >= 0.6 is 12.4 Å². The van der Waals surface area contributed by atoms with Crippen LogP contribution in [0.15, 0.2) is 18.2 Å². The summed E-state index contributed by atoms with van der Waals surface area (Å²) < 4.78 is 86.4. The Kier molecular flexibility index (Phi) is 5.01. The average Bonchev–Trinajstić information content (AvgIpc) is 2.13. The van der Waals surface area contributed by atoms with E-state index in [9.17, 15) is 30.7 Å². The highest BCUT2D eigenvalue weighted by atomic mass is 35.5. The molecule has 0 amide bonds. The van der Waals surface area contributed by atoms with Gasteiger partial charge in [0.2, 0.25) is 0 Å². The van der Waals surface area contributed by atoms with E-state index < -0.39 is 35.3 Å². The molecule has 0 aliphatic heterocycles. The Hall–Kier alpha value is -1.02. The van der Waals surface area contributed by atoms with Gasteiger partial charge in [-0.1, -0.05) is 12.1 Å². The van der Waals surface area contributed by atoms with Gasteiger partial charge in [-0.3, -0.25) is 0 Å². The molecule has 1 aromatic carbocycles. The normalized spacial score (nSPS) is 14.0. The first kappa shape index (κ1) is 17.0. The van der Waals surface area contributed by atoms with Gasteiger partial charge in [-0.15, -0.1) is 12.4 Å². The first-order valence-corrected chi connectivity index (χ1v) is 4.23. The van der Waals surface area contributed by atoms with Gasteiger partial charge in [0.1, 0.15) is 11.9 Å². The van der Waals surface area contributed by atoms with Gasteiger partial charge in [0.05, 0.1) is 5.56 Å². The number of alkyl halides is 6. The minimum Gasteiger partial charge on any atom is -0.316 e. The van der Waals surface area contributed by atoms with E-state index in [0.717, 1.165) is 0 Å². The lowest BCUT2D eigenvalue weighted by atomic mass is 10.0. The molecule has 0 aromatic heterocycles. The van der Waals surface area contributed by atoms with Crippen LogP contribution < -0.4 is 5.73 Å². The fourth-order valence-corrected chi connectivity index (χ4v) is 1.19. The molecule has 1 atom stereocenters. The second-order valence-electron chi connectivity index (χ2n) is 3.23. The number of rotatable bonds is 1. The lowest BCUT2D eigenvalue weighted by Crippen LogP contribution is -2.30. The molecule has 0 saturated carbocycles. The molecule has 0 heterocycles. The Morgan fingerprint density at radius 2 is 1.50 bits per heavy atom. The molecule has 1 rings (SSSR count). The molecule has 104 valence electrons. The molecular weight excluding hydrogens is 291 g/mol. The molecule has 0 aliphatic rings. The smallest absolute Gasteiger partial charge is 0.316 e. The van der Waals surface area contributed by atoms with Gasteiger partial charge in [-0.2, -0.15) is 26.3 Å². The monoisotopic (exact) mass is 297 g/mol. The highest BCUT2D eigenvalue weighted by Gasteiger charge is 2.42. The third kappa shape index (κ3) is 3.49. The molecule has 0 aliphatic carbocycles. The SMILES string of the molecule is Cl.N[C@@H](c1cccc(C(F)(F)F)c1F)C(F)(F)F. The topological polar surface area (TPSA) is 26.0 Å². The second-order valence-corrected chi connectivity index (χ2v) is 3.23. The molecule has 1 nitrogen and oxygen atoms in total. The Morgan fingerprint density at radius 3 is 1.89 bits per heavy atom. The van der Waals surface area contributed by atoms with Gasteiger partial charge in [0.15, 0.2) is 0 Å². The van der Waals surface area contributed by atoms with E-state index in [-0.39, 0.29) is 12.4 Å². The molecule has 9 heteroatoms. The highest BCUT2D eigenvalue weighted by molar-refractivity contribution is 5.85. The van der Waals surface area contributed by atoms with Crippen LogP contribution in [0, 0.1) is 5.82 Å². The van der Waals surface area contributed by atoms with Crippen LogP contribution in [0.1, 0.15) is 17.2 Å². The van der Waals surface area contributed by atoms with Crippen molar-refractivity contribution in [3.63, 3.8) is 0 Å². The van der Waals surface area contributed by atoms with Crippen molar-refractivity contribution in [2.45, 2.75) is 18.4 Å². The van der Waals surface area contributed by atoms with Gasteiger partial charge in [-0.25, -0.2) is 4.39 Å². The highest BCUT2D eigenvalue weighted by Crippen LogP contribution is 2.37. The van der Waals surface area contributed by atoms with Crippen molar-refractivity contribution in [3.05, 3.63) is 35.1 Å². The summed E-state index contributed by atoms with van der Waals surface area (Å²) in [6, 6.07) is -1.19. The molecule has 18 heavy (non-hydrogen) atoms. The van der Waals surface area contributed by atoms with Crippen molar-refractivity contribution in [3.8, 4) is 0 Å². The van der Waals surface area contributed by atoms with Crippen molar-refractivity contribution in [1.29, 1.82) is 0 Å². The Labute approximate surface area is 103 Å². The number of nitrogens with two attached hydrogens (primary N) is 1. The van der Waals surface area contributed by atoms with Crippen molar-refractivity contribution in [1.82, 2.24) is 0 Å². The Morgan fingerprint density at radius 1 is 1.00 bits per heavy atom. The van der Waals surface area contributed by atoms with E-state index >= 15 is 0 Å². The van der Waals surface area contributed by atoms with Crippen molar-refractivity contribution in [2.24, 2.45) is 5.73 Å². The zero-order chi connectivity index (χ0) is 13.4. The maximum Gasteiger partial charge on any atom is 0.419 e. The maximum absolute atomic E-state index is 13.2. The van der Waals surface area contributed by atoms with Gasteiger partial charge in [0, 0.05) is 5.56 Å². The predicted octanol–water partition coefficient (Wildman–Crippen LogP) is 3.83. The third-order valence-electron chi connectivity index (χ3n) is 2.02. The summed E-state index contributed by atoms with van der Waals surface area (Å²) in [7, 11) is 0. The summed E-state index contributed by atoms with van der Waals surface area (Å²) in [6.45, 7) is 0. The van der Waals surface area contributed by atoms with Crippen LogP contribution in [-0.4, -0.2) is 6.18 Å². The first-order chi connectivity index (χ1) is 7.55. The molecular formula is C9H7ClF7N. The van der Waals surface area contributed by atoms with Gasteiger partial charge < -0.3 is 5.73 Å².